The van der Waals surface area contributed by atoms with Crippen LogP contribution < -0.4 is 0 Å². The van der Waals surface area contributed by atoms with Gasteiger partial charge in [0.1, 0.15) is 0 Å². The van der Waals surface area contributed by atoms with Gasteiger partial charge in [0, 0.05) is 25.0 Å². The average molecular weight is 272 g/mol. The quantitative estimate of drug-likeness (QED) is 0.683. The second-order valence-electron chi connectivity index (χ2n) is 6.23. The van der Waals surface area contributed by atoms with Crippen LogP contribution in [0.2, 0.25) is 0 Å². The molecule has 0 aromatic carbocycles. The summed E-state index contributed by atoms with van der Waals surface area (Å²) in [6.45, 7) is 9.24. The minimum atomic E-state index is -0.442. The third-order valence-electron chi connectivity index (χ3n) is 2.84. The Morgan fingerprint density at radius 2 is 1.68 bits per heavy atom. The number of rotatable bonds is 6. The Morgan fingerprint density at radius 3 is 2.05 bits per heavy atom. The Bertz CT molecular complexity index is 308. The van der Waals surface area contributed by atoms with Crippen molar-refractivity contribution in [1.29, 1.82) is 0 Å². The molecule has 0 aromatic rings. The number of likely N-dealkylation sites (N-methyl/N-ethyl adjacent to an activating group) is 1. The molecule has 0 aliphatic rings. The lowest BCUT2D eigenvalue weighted by atomic mass is 9.94. The van der Waals surface area contributed by atoms with E-state index in [1.54, 1.807) is 11.8 Å². The molecule has 0 aromatic heterocycles. The number of nitrogens with zero attached hydrogens (tertiary/aromatic N) is 2. The molecule has 0 spiro atoms. The molecule has 0 aliphatic heterocycles. The predicted octanol–water partition coefficient (Wildman–Crippen LogP) is 1.23. The van der Waals surface area contributed by atoms with Gasteiger partial charge < -0.3 is 14.5 Å². The molecule has 0 aliphatic carbocycles. The van der Waals surface area contributed by atoms with Gasteiger partial charge >= 0.3 is 5.97 Å². The van der Waals surface area contributed by atoms with Gasteiger partial charge in [0.15, 0.2) is 0 Å². The summed E-state index contributed by atoms with van der Waals surface area (Å²) in [5.41, 5.74) is -0.442. The number of carbonyl (C=O) groups is 2. The van der Waals surface area contributed by atoms with E-state index in [9.17, 15) is 9.59 Å². The fraction of sp³-hybridized carbons (Fsp3) is 0.857. The third kappa shape index (κ3) is 6.57. The van der Waals surface area contributed by atoms with E-state index in [0.29, 0.717) is 13.1 Å². The first-order chi connectivity index (χ1) is 8.59. The van der Waals surface area contributed by atoms with E-state index >= 15 is 0 Å². The highest BCUT2D eigenvalue weighted by Crippen LogP contribution is 2.18. The first kappa shape index (κ1) is 17.9. The fourth-order valence-corrected chi connectivity index (χ4v) is 1.68. The van der Waals surface area contributed by atoms with Crippen LogP contribution in [-0.4, -0.2) is 62.5 Å². The topological polar surface area (TPSA) is 49.9 Å². The summed E-state index contributed by atoms with van der Waals surface area (Å²) < 4.78 is 4.72. The van der Waals surface area contributed by atoms with E-state index in [2.05, 4.69) is 0 Å². The molecule has 19 heavy (non-hydrogen) atoms. The Kier molecular flexibility index (Phi) is 7.05. The number of ether oxygens (including phenoxy) is 1. The molecule has 5 heteroatoms. The zero-order chi connectivity index (χ0) is 15.2. The Balaban J connectivity index is 4.77. The van der Waals surface area contributed by atoms with Crippen LogP contribution in [0, 0.1) is 11.3 Å². The van der Waals surface area contributed by atoms with Crippen molar-refractivity contribution in [3.63, 3.8) is 0 Å². The molecule has 0 fully saturated rings. The van der Waals surface area contributed by atoms with Gasteiger partial charge in [0.05, 0.1) is 13.0 Å². The molecule has 0 N–H and O–H groups in total. The zero-order valence-corrected chi connectivity index (χ0v) is 13.3. The molecule has 0 radical (unpaired) electrons. The van der Waals surface area contributed by atoms with Crippen LogP contribution in [0.4, 0.5) is 0 Å². The monoisotopic (exact) mass is 272 g/mol. The number of esters is 1. The lowest BCUT2D eigenvalue weighted by Crippen LogP contribution is -2.45. The molecule has 1 amide bonds. The molecule has 0 bridgehead atoms. The summed E-state index contributed by atoms with van der Waals surface area (Å²) in [4.78, 5) is 27.6. The van der Waals surface area contributed by atoms with Crippen molar-refractivity contribution in [3.8, 4) is 0 Å². The van der Waals surface area contributed by atoms with Gasteiger partial charge in [-0.1, -0.05) is 27.7 Å². The van der Waals surface area contributed by atoms with Crippen molar-refractivity contribution in [2.24, 2.45) is 11.3 Å². The highest BCUT2D eigenvalue weighted by Gasteiger charge is 2.29. The molecule has 1 unspecified atom stereocenters. The van der Waals surface area contributed by atoms with Gasteiger partial charge in [-0.05, 0) is 14.1 Å². The molecule has 0 rings (SSSR count). The van der Waals surface area contributed by atoms with Gasteiger partial charge in [0.2, 0.25) is 5.91 Å². The summed E-state index contributed by atoms with van der Waals surface area (Å²) in [6, 6.07) is 0. The number of carbonyl (C=O) groups excluding carboxylic acids is 2. The van der Waals surface area contributed by atoms with Crippen LogP contribution in [0.25, 0.3) is 0 Å². The molecular formula is C14H28N2O3. The van der Waals surface area contributed by atoms with Crippen molar-refractivity contribution < 1.29 is 14.3 Å². The fourth-order valence-electron chi connectivity index (χ4n) is 1.68. The molecule has 0 heterocycles. The lowest BCUT2D eigenvalue weighted by molar-refractivity contribution is -0.148. The molecule has 1 atom stereocenters. The minimum Gasteiger partial charge on any atom is -0.469 e. The van der Waals surface area contributed by atoms with E-state index in [4.69, 9.17) is 4.74 Å². The van der Waals surface area contributed by atoms with Gasteiger partial charge in [-0.2, -0.15) is 0 Å². The molecule has 5 nitrogen and oxygen atoms in total. The maximum atomic E-state index is 12.4. The highest BCUT2D eigenvalue weighted by molar-refractivity contribution is 5.82. The molecular weight excluding hydrogens is 244 g/mol. The van der Waals surface area contributed by atoms with E-state index in [0.717, 1.165) is 6.54 Å². The van der Waals surface area contributed by atoms with Crippen LogP contribution in [0.1, 0.15) is 27.7 Å². The summed E-state index contributed by atoms with van der Waals surface area (Å²) in [5, 5.41) is 0. The summed E-state index contributed by atoms with van der Waals surface area (Å²) in [5.74, 6) is -0.528. The predicted molar refractivity (Wildman–Crippen MR) is 75.8 cm³/mol. The molecule has 112 valence electrons. The normalized spacial score (nSPS) is 13.3. The average Bonchev–Trinajstić information content (AvgIpc) is 2.30. The van der Waals surface area contributed by atoms with E-state index < -0.39 is 5.41 Å². The van der Waals surface area contributed by atoms with Crippen LogP contribution in [0.3, 0.4) is 0 Å². The maximum absolute atomic E-state index is 12.4. The molecule has 0 saturated carbocycles. The van der Waals surface area contributed by atoms with Crippen LogP contribution in [0.15, 0.2) is 0 Å². The second kappa shape index (κ2) is 7.48. The summed E-state index contributed by atoms with van der Waals surface area (Å²) in [6.07, 6.45) is 0. The zero-order valence-electron chi connectivity index (χ0n) is 13.3. The molecule has 0 saturated heterocycles. The van der Waals surface area contributed by atoms with Gasteiger partial charge in [-0.15, -0.1) is 0 Å². The standard InChI is InChI=1S/C14H28N2O3/c1-11(12(17)19-7)10-16(9-8-15(5)6)13(18)14(2,3)4/h11H,8-10H2,1-7H3. The van der Waals surface area contributed by atoms with Gasteiger partial charge in [-0.25, -0.2) is 0 Å². The number of hydrogen-bond acceptors (Lipinski definition) is 4. The summed E-state index contributed by atoms with van der Waals surface area (Å²) >= 11 is 0. The van der Waals surface area contributed by atoms with Crippen LogP contribution in [-0.2, 0) is 14.3 Å². The highest BCUT2D eigenvalue weighted by atomic mass is 16.5. The van der Waals surface area contributed by atoms with Crippen molar-refractivity contribution in [2.45, 2.75) is 27.7 Å². The number of amides is 1. The van der Waals surface area contributed by atoms with Gasteiger partial charge in [0.25, 0.3) is 0 Å². The SMILES string of the molecule is COC(=O)C(C)CN(CCN(C)C)C(=O)C(C)(C)C. The summed E-state index contributed by atoms with van der Waals surface area (Å²) in [7, 11) is 5.29. The third-order valence-corrected chi connectivity index (χ3v) is 2.84. The van der Waals surface area contributed by atoms with E-state index in [-0.39, 0.29) is 17.8 Å². The van der Waals surface area contributed by atoms with E-state index in [1.165, 1.54) is 7.11 Å². The van der Waals surface area contributed by atoms with E-state index in [1.807, 2.05) is 39.8 Å². The van der Waals surface area contributed by atoms with Crippen molar-refractivity contribution in [2.75, 3.05) is 40.8 Å². The first-order valence-electron chi connectivity index (χ1n) is 6.61. The van der Waals surface area contributed by atoms with Gasteiger partial charge in [-0.3, -0.25) is 9.59 Å². The van der Waals surface area contributed by atoms with Crippen LogP contribution in [0.5, 0.6) is 0 Å². The smallest absolute Gasteiger partial charge is 0.310 e. The largest absolute Gasteiger partial charge is 0.469 e. The minimum absolute atomic E-state index is 0.0603. The van der Waals surface area contributed by atoms with Crippen molar-refractivity contribution in [3.05, 3.63) is 0 Å². The number of hydrogen-bond donors (Lipinski definition) is 0. The Labute approximate surface area is 116 Å². The maximum Gasteiger partial charge on any atom is 0.310 e. The van der Waals surface area contributed by atoms with Crippen molar-refractivity contribution in [1.82, 2.24) is 9.80 Å². The number of methoxy groups -OCH3 is 1. The lowest BCUT2D eigenvalue weighted by Gasteiger charge is -2.31. The first-order valence-corrected chi connectivity index (χ1v) is 6.61. The Morgan fingerprint density at radius 1 is 1.16 bits per heavy atom. The van der Waals surface area contributed by atoms with Crippen molar-refractivity contribution >= 4 is 11.9 Å². The van der Waals surface area contributed by atoms with Crippen LogP contribution >= 0.6 is 0 Å². The second-order valence-corrected chi connectivity index (χ2v) is 6.23. The Hall–Kier alpha value is -1.10.